The van der Waals surface area contributed by atoms with Gasteiger partial charge in [-0.05, 0) is 48.2 Å². The van der Waals surface area contributed by atoms with Crippen LogP contribution in [0.5, 0.6) is 0 Å². The number of hydrogen-bond acceptors (Lipinski definition) is 5. The van der Waals surface area contributed by atoms with Gasteiger partial charge in [0, 0.05) is 37.4 Å². The highest BCUT2D eigenvalue weighted by Crippen LogP contribution is 2.34. The molecule has 7 heteroatoms. The fourth-order valence-corrected chi connectivity index (χ4v) is 5.38. The Hall–Kier alpha value is -3.16. The van der Waals surface area contributed by atoms with Crippen LogP contribution >= 0.6 is 11.8 Å². The van der Waals surface area contributed by atoms with Crippen molar-refractivity contribution in [1.82, 2.24) is 15.2 Å². The molecule has 0 aliphatic carbocycles. The van der Waals surface area contributed by atoms with E-state index < -0.39 is 0 Å². The summed E-state index contributed by atoms with van der Waals surface area (Å²) in [6.07, 6.45) is 3.67. The van der Waals surface area contributed by atoms with Gasteiger partial charge in [0.1, 0.15) is 5.03 Å². The maximum Gasteiger partial charge on any atom is 0.251 e. The van der Waals surface area contributed by atoms with Crippen molar-refractivity contribution in [3.63, 3.8) is 0 Å². The second kappa shape index (κ2) is 10.4. The molecule has 174 valence electrons. The third-order valence-electron chi connectivity index (χ3n) is 6.40. The van der Waals surface area contributed by atoms with Crippen LogP contribution in [-0.2, 0) is 17.9 Å². The minimum atomic E-state index is -0.0342. The van der Waals surface area contributed by atoms with E-state index in [1.165, 1.54) is 17.3 Å². The molecule has 0 bridgehead atoms. The predicted molar refractivity (Wildman–Crippen MR) is 135 cm³/mol. The van der Waals surface area contributed by atoms with Crippen LogP contribution in [0.15, 0.2) is 78.0 Å². The SMILES string of the molecule is O=C(NC1CCN(Cc2ccccc2)CC1)c1ccc(CN2C(=O)CSc3ncccc32)cc1. The second-order valence-electron chi connectivity index (χ2n) is 8.80. The number of piperidine rings is 1. The normalized spacial score (nSPS) is 16.8. The molecule has 2 aliphatic rings. The van der Waals surface area contributed by atoms with Gasteiger partial charge in [-0.1, -0.05) is 54.2 Å². The lowest BCUT2D eigenvalue weighted by molar-refractivity contribution is -0.116. The van der Waals surface area contributed by atoms with E-state index in [4.69, 9.17) is 0 Å². The summed E-state index contributed by atoms with van der Waals surface area (Å²) >= 11 is 1.48. The van der Waals surface area contributed by atoms with Crippen molar-refractivity contribution in [2.24, 2.45) is 0 Å². The molecule has 1 fully saturated rings. The topological polar surface area (TPSA) is 65.5 Å². The van der Waals surface area contributed by atoms with E-state index in [9.17, 15) is 9.59 Å². The summed E-state index contributed by atoms with van der Waals surface area (Å²) < 4.78 is 0. The molecule has 0 saturated carbocycles. The third-order valence-corrected chi connectivity index (χ3v) is 7.38. The van der Waals surface area contributed by atoms with E-state index >= 15 is 0 Å². The molecule has 0 radical (unpaired) electrons. The van der Waals surface area contributed by atoms with E-state index in [0.29, 0.717) is 17.9 Å². The van der Waals surface area contributed by atoms with Crippen molar-refractivity contribution < 1.29 is 9.59 Å². The smallest absolute Gasteiger partial charge is 0.251 e. The summed E-state index contributed by atoms with van der Waals surface area (Å²) in [5.74, 6) is 0.438. The maximum absolute atomic E-state index is 12.8. The van der Waals surface area contributed by atoms with Gasteiger partial charge in [0.2, 0.25) is 5.91 Å². The molecular weight excluding hydrogens is 444 g/mol. The first-order valence-electron chi connectivity index (χ1n) is 11.7. The Morgan fingerprint density at radius 1 is 0.941 bits per heavy atom. The monoisotopic (exact) mass is 472 g/mol. The van der Waals surface area contributed by atoms with Crippen LogP contribution < -0.4 is 10.2 Å². The van der Waals surface area contributed by atoms with Crippen LogP contribution in [0, 0.1) is 0 Å². The van der Waals surface area contributed by atoms with Crippen molar-refractivity contribution in [2.75, 3.05) is 23.7 Å². The second-order valence-corrected chi connectivity index (χ2v) is 9.77. The molecular formula is C27H28N4O2S. The summed E-state index contributed by atoms with van der Waals surface area (Å²) in [4.78, 5) is 33.9. The summed E-state index contributed by atoms with van der Waals surface area (Å²) in [6.45, 7) is 3.40. The number of carbonyl (C=O) groups excluding carboxylic acids is 2. The number of nitrogens with zero attached hydrogens (tertiary/aromatic N) is 3. The molecule has 1 N–H and O–H groups in total. The maximum atomic E-state index is 12.8. The van der Waals surface area contributed by atoms with E-state index in [0.717, 1.165) is 48.8 Å². The number of fused-ring (bicyclic) bond motifs is 1. The van der Waals surface area contributed by atoms with Gasteiger partial charge in [-0.15, -0.1) is 0 Å². The number of amides is 2. The van der Waals surface area contributed by atoms with Crippen molar-refractivity contribution in [3.8, 4) is 0 Å². The lowest BCUT2D eigenvalue weighted by atomic mass is 10.0. The number of anilines is 1. The van der Waals surface area contributed by atoms with Gasteiger partial charge in [0.15, 0.2) is 0 Å². The highest BCUT2D eigenvalue weighted by Gasteiger charge is 2.26. The number of hydrogen-bond donors (Lipinski definition) is 1. The quantitative estimate of drug-likeness (QED) is 0.585. The van der Waals surface area contributed by atoms with Crippen LogP contribution in [0.25, 0.3) is 0 Å². The molecule has 0 spiro atoms. The van der Waals surface area contributed by atoms with Crippen LogP contribution in [0.4, 0.5) is 5.69 Å². The van der Waals surface area contributed by atoms with Crippen molar-refractivity contribution >= 4 is 29.3 Å². The molecule has 0 unspecified atom stereocenters. The van der Waals surface area contributed by atoms with Gasteiger partial charge in [-0.3, -0.25) is 14.5 Å². The number of rotatable bonds is 6. The Morgan fingerprint density at radius 3 is 2.44 bits per heavy atom. The summed E-state index contributed by atoms with van der Waals surface area (Å²) in [7, 11) is 0. The van der Waals surface area contributed by atoms with Crippen LogP contribution in [0.3, 0.4) is 0 Å². The van der Waals surface area contributed by atoms with Crippen LogP contribution in [-0.4, -0.2) is 46.6 Å². The number of likely N-dealkylation sites (tertiary alicyclic amines) is 1. The summed E-state index contributed by atoms with van der Waals surface area (Å²) in [5.41, 5.74) is 3.82. The number of pyridine rings is 1. The molecule has 5 rings (SSSR count). The fraction of sp³-hybridized carbons (Fsp3) is 0.296. The molecule has 1 saturated heterocycles. The zero-order valence-electron chi connectivity index (χ0n) is 19.0. The minimum Gasteiger partial charge on any atom is -0.349 e. The average molecular weight is 473 g/mol. The molecule has 0 atom stereocenters. The first-order valence-corrected chi connectivity index (χ1v) is 12.7. The third kappa shape index (κ3) is 5.32. The number of aromatic nitrogens is 1. The van der Waals surface area contributed by atoms with Crippen LogP contribution in [0.1, 0.15) is 34.3 Å². The molecule has 1 aromatic heterocycles. The molecule has 2 aliphatic heterocycles. The van der Waals surface area contributed by atoms with E-state index in [2.05, 4.69) is 39.5 Å². The molecule has 3 heterocycles. The van der Waals surface area contributed by atoms with Gasteiger partial charge in [0.25, 0.3) is 5.91 Å². The lowest BCUT2D eigenvalue weighted by Crippen LogP contribution is -2.44. The minimum absolute atomic E-state index is 0.0342. The standard InChI is InChI=1S/C27H28N4O2S/c32-25-19-34-27-24(7-4-14-28-27)31(25)18-21-8-10-22(11-9-21)26(33)29-23-12-15-30(16-13-23)17-20-5-2-1-3-6-20/h1-11,14,23H,12-13,15-19H2,(H,29,33). The number of thioether (sulfide) groups is 1. The Bertz CT molecular complexity index is 1140. The fourth-order valence-electron chi connectivity index (χ4n) is 4.50. The molecule has 3 aromatic rings. The molecule has 6 nitrogen and oxygen atoms in total. The van der Waals surface area contributed by atoms with Gasteiger partial charge in [0.05, 0.1) is 18.0 Å². The molecule has 2 amide bonds. The Kier molecular flexibility index (Phi) is 6.92. The first kappa shape index (κ1) is 22.6. The Balaban J connectivity index is 1.14. The largest absolute Gasteiger partial charge is 0.349 e. The lowest BCUT2D eigenvalue weighted by Gasteiger charge is -2.32. The zero-order chi connectivity index (χ0) is 23.3. The summed E-state index contributed by atoms with van der Waals surface area (Å²) in [5, 5.41) is 4.08. The van der Waals surface area contributed by atoms with Crippen molar-refractivity contribution in [1.29, 1.82) is 0 Å². The van der Waals surface area contributed by atoms with Crippen LogP contribution in [0.2, 0.25) is 0 Å². The van der Waals surface area contributed by atoms with Gasteiger partial charge < -0.3 is 10.2 Å². The number of benzene rings is 2. The molecule has 2 aromatic carbocycles. The van der Waals surface area contributed by atoms with Gasteiger partial charge in [-0.2, -0.15) is 0 Å². The summed E-state index contributed by atoms with van der Waals surface area (Å²) in [6, 6.07) is 22.1. The van der Waals surface area contributed by atoms with Crippen molar-refractivity contribution in [3.05, 3.63) is 89.6 Å². The van der Waals surface area contributed by atoms with Gasteiger partial charge >= 0.3 is 0 Å². The first-order chi connectivity index (χ1) is 16.7. The number of carbonyl (C=O) groups is 2. The van der Waals surface area contributed by atoms with Gasteiger partial charge in [-0.25, -0.2) is 4.98 Å². The molecule has 34 heavy (non-hydrogen) atoms. The Morgan fingerprint density at radius 2 is 1.68 bits per heavy atom. The van der Waals surface area contributed by atoms with Crippen molar-refractivity contribution in [2.45, 2.75) is 37.0 Å². The highest BCUT2D eigenvalue weighted by molar-refractivity contribution is 8.00. The van der Waals surface area contributed by atoms with E-state index in [1.54, 1.807) is 11.1 Å². The average Bonchev–Trinajstić information content (AvgIpc) is 2.88. The predicted octanol–water partition coefficient (Wildman–Crippen LogP) is 4.11. The number of nitrogens with one attached hydrogen (secondary N) is 1. The Labute approximate surface area is 204 Å². The zero-order valence-corrected chi connectivity index (χ0v) is 19.8. The van der Waals surface area contributed by atoms with E-state index in [-0.39, 0.29) is 17.9 Å². The van der Waals surface area contributed by atoms with E-state index in [1.807, 2.05) is 42.5 Å². The highest BCUT2D eigenvalue weighted by atomic mass is 32.2.